The van der Waals surface area contributed by atoms with Gasteiger partial charge < -0.3 is 10.6 Å². The van der Waals surface area contributed by atoms with Gasteiger partial charge in [-0.2, -0.15) is 0 Å². The average molecular weight is 255 g/mol. The molecule has 19 heavy (non-hydrogen) atoms. The van der Waals surface area contributed by atoms with E-state index in [4.69, 9.17) is 5.73 Å². The van der Waals surface area contributed by atoms with Crippen molar-refractivity contribution in [2.75, 3.05) is 18.5 Å². The maximum atomic E-state index is 5.85. The van der Waals surface area contributed by atoms with Crippen molar-refractivity contribution in [2.24, 2.45) is 5.73 Å². The van der Waals surface area contributed by atoms with Gasteiger partial charge in [0.05, 0.1) is 0 Å². The van der Waals surface area contributed by atoms with Gasteiger partial charge in [0.25, 0.3) is 0 Å². The van der Waals surface area contributed by atoms with Crippen LogP contribution in [0.4, 0.5) is 5.69 Å². The molecule has 0 aliphatic rings. The van der Waals surface area contributed by atoms with Crippen molar-refractivity contribution in [1.29, 1.82) is 0 Å². The van der Waals surface area contributed by atoms with E-state index in [1.54, 1.807) is 0 Å². The lowest BCUT2D eigenvalue weighted by Crippen LogP contribution is -2.20. The summed E-state index contributed by atoms with van der Waals surface area (Å²) in [6.45, 7) is 2.95. The number of hydrogen-bond acceptors (Lipinski definition) is 3. The molecule has 0 saturated heterocycles. The zero-order valence-electron chi connectivity index (χ0n) is 11.6. The van der Waals surface area contributed by atoms with Gasteiger partial charge in [-0.3, -0.25) is 4.98 Å². The van der Waals surface area contributed by atoms with Crippen LogP contribution in [0.2, 0.25) is 0 Å². The molecule has 1 atom stereocenters. The second-order valence-corrected chi connectivity index (χ2v) is 4.87. The molecular formula is C16H21N3. The van der Waals surface area contributed by atoms with Crippen LogP contribution in [-0.2, 0) is 6.42 Å². The predicted octanol–water partition coefficient (Wildman–Crippen LogP) is 2.78. The molecule has 0 spiro atoms. The van der Waals surface area contributed by atoms with Crippen molar-refractivity contribution in [2.45, 2.75) is 19.4 Å². The number of nitrogens with zero attached hydrogens (tertiary/aromatic N) is 2. The van der Waals surface area contributed by atoms with Crippen molar-refractivity contribution in [1.82, 2.24) is 4.98 Å². The minimum absolute atomic E-state index is 0.0906. The first-order valence-electron chi connectivity index (χ1n) is 6.63. The minimum Gasteiger partial charge on any atom is -0.374 e. The summed E-state index contributed by atoms with van der Waals surface area (Å²) in [5.41, 5.74) is 9.36. The van der Waals surface area contributed by atoms with Crippen LogP contribution in [-0.4, -0.2) is 18.6 Å². The van der Waals surface area contributed by atoms with E-state index in [0.29, 0.717) is 0 Å². The molecule has 0 aliphatic carbocycles. The quantitative estimate of drug-likeness (QED) is 0.893. The van der Waals surface area contributed by atoms with Crippen molar-refractivity contribution >= 4 is 5.69 Å². The van der Waals surface area contributed by atoms with E-state index < -0.39 is 0 Å². The normalized spacial score (nSPS) is 12.2. The van der Waals surface area contributed by atoms with E-state index >= 15 is 0 Å². The van der Waals surface area contributed by atoms with Crippen LogP contribution >= 0.6 is 0 Å². The van der Waals surface area contributed by atoms with Crippen LogP contribution in [0.15, 0.2) is 48.7 Å². The molecule has 3 nitrogen and oxygen atoms in total. The molecule has 0 fully saturated rings. The summed E-state index contributed by atoms with van der Waals surface area (Å²) in [6.07, 6.45) is 2.79. The first-order valence-corrected chi connectivity index (χ1v) is 6.63. The van der Waals surface area contributed by atoms with E-state index in [1.807, 2.05) is 25.3 Å². The number of anilines is 1. The van der Waals surface area contributed by atoms with Gasteiger partial charge in [-0.15, -0.1) is 0 Å². The Morgan fingerprint density at radius 3 is 2.47 bits per heavy atom. The largest absolute Gasteiger partial charge is 0.374 e. The van der Waals surface area contributed by atoms with Crippen molar-refractivity contribution in [3.05, 3.63) is 59.9 Å². The summed E-state index contributed by atoms with van der Waals surface area (Å²) in [7, 11) is 2.10. The van der Waals surface area contributed by atoms with Gasteiger partial charge in [-0.25, -0.2) is 0 Å². The predicted molar refractivity (Wildman–Crippen MR) is 80.3 cm³/mol. The van der Waals surface area contributed by atoms with Crippen LogP contribution < -0.4 is 10.6 Å². The fraction of sp³-hybridized carbons (Fsp3) is 0.312. The summed E-state index contributed by atoms with van der Waals surface area (Å²) >= 11 is 0. The smallest absolute Gasteiger partial charge is 0.0421 e. The van der Waals surface area contributed by atoms with Crippen LogP contribution in [0.25, 0.3) is 0 Å². The molecule has 0 saturated carbocycles. The molecule has 0 bridgehead atoms. The SMILES string of the molecule is CC(N)c1ccc(N(C)CCc2ccccn2)cc1. The molecule has 3 heteroatoms. The maximum Gasteiger partial charge on any atom is 0.0421 e. The summed E-state index contributed by atoms with van der Waals surface area (Å²) in [6, 6.07) is 14.6. The molecule has 1 heterocycles. The Morgan fingerprint density at radius 2 is 1.89 bits per heavy atom. The average Bonchev–Trinajstić information content (AvgIpc) is 2.46. The monoisotopic (exact) mass is 255 g/mol. The number of rotatable bonds is 5. The van der Waals surface area contributed by atoms with Gasteiger partial charge >= 0.3 is 0 Å². The Labute approximate surface area is 115 Å². The van der Waals surface area contributed by atoms with Crippen LogP contribution in [0.5, 0.6) is 0 Å². The third-order valence-corrected chi connectivity index (χ3v) is 3.29. The highest BCUT2D eigenvalue weighted by Gasteiger charge is 2.03. The second kappa shape index (κ2) is 6.34. The standard InChI is InChI=1S/C16H21N3/c1-13(17)14-6-8-16(9-7-14)19(2)12-10-15-5-3-4-11-18-15/h3-9,11,13H,10,12,17H2,1-2H3. The molecule has 1 aromatic heterocycles. The zero-order valence-corrected chi connectivity index (χ0v) is 11.6. The van der Waals surface area contributed by atoms with E-state index in [1.165, 1.54) is 11.3 Å². The molecular weight excluding hydrogens is 234 g/mol. The number of likely N-dealkylation sites (N-methyl/N-ethyl adjacent to an activating group) is 1. The number of benzene rings is 1. The molecule has 0 aliphatic heterocycles. The van der Waals surface area contributed by atoms with Gasteiger partial charge in [-0.05, 0) is 36.8 Å². The van der Waals surface area contributed by atoms with Gasteiger partial charge in [0.15, 0.2) is 0 Å². The van der Waals surface area contributed by atoms with Crippen LogP contribution in [0.1, 0.15) is 24.2 Å². The Bertz CT molecular complexity index is 491. The molecule has 100 valence electrons. The summed E-state index contributed by atoms with van der Waals surface area (Å²) in [5, 5.41) is 0. The number of hydrogen-bond donors (Lipinski definition) is 1. The van der Waals surface area contributed by atoms with Gasteiger partial charge in [0.2, 0.25) is 0 Å². The lowest BCUT2D eigenvalue weighted by molar-refractivity contribution is 0.815. The maximum absolute atomic E-state index is 5.85. The fourth-order valence-electron chi connectivity index (χ4n) is 1.99. The number of aromatic nitrogens is 1. The van der Waals surface area contributed by atoms with Crippen molar-refractivity contribution in [3.63, 3.8) is 0 Å². The molecule has 0 radical (unpaired) electrons. The Kier molecular flexibility index (Phi) is 4.53. The molecule has 1 aromatic carbocycles. The first kappa shape index (κ1) is 13.6. The third kappa shape index (κ3) is 3.80. The Morgan fingerprint density at radius 1 is 1.16 bits per heavy atom. The third-order valence-electron chi connectivity index (χ3n) is 3.29. The number of pyridine rings is 1. The molecule has 1 unspecified atom stereocenters. The lowest BCUT2D eigenvalue weighted by atomic mass is 10.1. The minimum atomic E-state index is 0.0906. The molecule has 2 rings (SSSR count). The highest BCUT2D eigenvalue weighted by molar-refractivity contribution is 5.47. The Balaban J connectivity index is 1.94. The molecule has 2 aromatic rings. The van der Waals surface area contributed by atoms with Gasteiger partial charge in [-0.1, -0.05) is 18.2 Å². The van der Waals surface area contributed by atoms with E-state index in [-0.39, 0.29) is 6.04 Å². The Hall–Kier alpha value is -1.87. The van der Waals surface area contributed by atoms with Gasteiger partial charge in [0, 0.05) is 43.6 Å². The van der Waals surface area contributed by atoms with Crippen LogP contribution in [0, 0.1) is 0 Å². The summed E-state index contributed by atoms with van der Waals surface area (Å²) < 4.78 is 0. The van der Waals surface area contributed by atoms with Gasteiger partial charge in [0.1, 0.15) is 0 Å². The summed E-state index contributed by atoms with van der Waals surface area (Å²) in [4.78, 5) is 6.57. The lowest BCUT2D eigenvalue weighted by Gasteiger charge is -2.19. The molecule has 0 amide bonds. The highest BCUT2D eigenvalue weighted by Crippen LogP contribution is 2.17. The van der Waals surface area contributed by atoms with Crippen molar-refractivity contribution < 1.29 is 0 Å². The zero-order chi connectivity index (χ0) is 13.7. The van der Waals surface area contributed by atoms with Crippen molar-refractivity contribution in [3.8, 4) is 0 Å². The fourth-order valence-corrected chi connectivity index (χ4v) is 1.99. The van der Waals surface area contributed by atoms with E-state index in [2.05, 4.69) is 47.3 Å². The summed E-state index contributed by atoms with van der Waals surface area (Å²) in [5.74, 6) is 0. The van der Waals surface area contributed by atoms with E-state index in [0.717, 1.165) is 18.7 Å². The number of nitrogens with two attached hydrogens (primary N) is 1. The highest BCUT2D eigenvalue weighted by atomic mass is 15.1. The first-order chi connectivity index (χ1) is 9.16. The molecule has 2 N–H and O–H groups in total. The second-order valence-electron chi connectivity index (χ2n) is 4.87. The topological polar surface area (TPSA) is 42.1 Å². The van der Waals surface area contributed by atoms with Crippen LogP contribution in [0.3, 0.4) is 0 Å². The van der Waals surface area contributed by atoms with E-state index in [9.17, 15) is 0 Å².